The number of ether oxygens (including phenoxy) is 1. The van der Waals surface area contributed by atoms with E-state index in [0.717, 1.165) is 12.0 Å². The Hall–Kier alpha value is -0.503. The summed E-state index contributed by atoms with van der Waals surface area (Å²) < 4.78 is 5.16. The molecule has 0 aromatic rings. The first-order valence-corrected chi connectivity index (χ1v) is 4.53. The summed E-state index contributed by atoms with van der Waals surface area (Å²) in [6, 6.07) is 0. The van der Waals surface area contributed by atoms with Crippen LogP contribution in [0.1, 0.15) is 13.8 Å². The number of hydrogen-bond donors (Lipinski definition) is 0. The molecule has 0 bridgehead atoms. The summed E-state index contributed by atoms with van der Waals surface area (Å²) in [5.74, 6) is 0. The standard InChI is InChI=1S/C7H14OSi/c1-5-8-7(4)9-6(2)3/h2,4-5,9H2,1,3H3. The summed E-state index contributed by atoms with van der Waals surface area (Å²) in [6.07, 6.45) is 0. The molecule has 0 heterocycles. The molecule has 0 fully saturated rings. The van der Waals surface area contributed by atoms with Crippen molar-refractivity contribution in [1.29, 1.82) is 0 Å². The predicted octanol–water partition coefficient (Wildman–Crippen LogP) is 1.20. The fraction of sp³-hybridized carbons (Fsp3) is 0.429. The Morgan fingerprint density at radius 2 is 2.11 bits per heavy atom. The zero-order valence-electron chi connectivity index (χ0n) is 6.24. The van der Waals surface area contributed by atoms with E-state index < -0.39 is 0 Å². The highest BCUT2D eigenvalue weighted by molar-refractivity contribution is 6.52. The largest absolute Gasteiger partial charge is 0.504 e. The van der Waals surface area contributed by atoms with E-state index in [1.807, 2.05) is 13.8 Å². The van der Waals surface area contributed by atoms with Gasteiger partial charge in [0.25, 0.3) is 0 Å². The summed E-state index contributed by atoms with van der Waals surface area (Å²) in [7, 11) is -0.352. The van der Waals surface area contributed by atoms with Crippen LogP contribution in [0.4, 0.5) is 0 Å². The molecule has 0 aliphatic heterocycles. The molecular formula is C7H14OSi. The molecule has 0 radical (unpaired) electrons. The maximum absolute atomic E-state index is 5.16. The van der Waals surface area contributed by atoms with Crippen molar-refractivity contribution in [3.63, 3.8) is 0 Å². The fourth-order valence-corrected chi connectivity index (χ4v) is 1.57. The van der Waals surface area contributed by atoms with Crippen molar-refractivity contribution in [3.05, 3.63) is 23.7 Å². The Bertz CT molecular complexity index is 118. The maximum atomic E-state index is 5.16. The van der Waals surface area contributed by atoms with Gasteiger partial charge in [0.2, 0.25) is 0 Å². The first kappa shape index (κ1) is 8.50. The van der Waals surface area contributed by atoms with Crippen LogP contribution in [0.5, 0.6) is 0 Å². The van der Waals surface area contributed by atoms with Gasteiger partial charge in [0.15, 0.2) is 0 Å². The van der Waals surface area contributed by atoms with Gasteiger partial charge in [-0.25, -0.2) is 0 Å². The Morgan fingerprint density at radius 3 is 2.44 bits per heavy atom. The van der Waals surface area contributed by atoms with E-state index in [2.05, 4.69) is 13.2 Å². The average Bonchev–Trinajstić information content (AvgIpc) is 1.63. The van der Waals surface area contributed by atoms with Crippen LogP contribution in [0.2, 0.25) is 0 Å². The molecule has 0 spiro atoms. The van der Waals surface area contributed by atoms with Crippen LogP contribution in [0.3, 0.4) is 0 Å². The van der Waals surface area contributed by atoms with Crippen LogP contribution in [0, 0.1) is 0 Å². The maximum Gasteiger partial charge on any atom is 0.125 e. The summed E-state index contributed by atoms with van der Waals surface area (Å²) >= 11 is 0. The molecule has 0 aromatic heterocycles. The molecule has 0 amide bonds. The van der Waals surface area contributed by atoms with Crippen LogP contribution >= 0.6 is 0 Å². The van der Waals surface area contributed by atoms with Gasteiger partial charge in [-0.1, -0.05) is 11.8 Å². The molecule has 0 unspecified atom stereocenters. The lowest BCUT2D eigenvalue weighted by atomic mass is 10.8. The monoisotopic (exact) mass is 142 g/mol. The Kier molecular flexibility index (Phi) is 4.14. The predicted molar refractivity (Wildman–Crippen MR) is 44.1 cm³/mol. The highest BCUT2D eigenvalue weighted by Gasteiger charge is 1.92. The zero-order chi connectivity index (χ0) is 7.28. The number of allylic oxidation sites excluding steroid dienone is 1. The van der Waals surface area contributed by atoms with Gasteiger partial charge in [0.1, 0.15) is 9.52 Å². The van der Waals surface area contributed by atoms with Gasteiger partial charge in [-0.2, -0.15) is 0 Å². The third kappa shape index (κ3) is 5.37. The highest BCUT2D eigenvalue weighted by atomic mass is 28.2. The molecule has 2 heteroatoms. The van der Waals surface area contributed by atoms with Crippen LogP contribution in [-0.4, -0.2) is 16.1 Å². The zero-order valence-corrected chi connectivity index (χ0v) is 7.65. The van der Waals surface area contributed by atoms with Gasteiger partial charge >= 0.3 is 0 Å². The van der Waals surface area contributed by atoms with Gasteiger partial charge in [-0.15, -0.1) is 6.58 Å². The molecule has 0 aromatic carbocycles. The molecule has 0 aliphatic carbocycles. The normalized spacial score (nSPS) is 10.0. The van der Waals surface area contributed by atoms with Gasteiger partial charge in [-0.3, -0.25) is 0 Å². The Morgan fingerprint density at radius 1 is 1.56 bits per heavy atom. The van der Waals surface area contributed by atoms with Crippen molar-refractivity contribution in [2.45, 2.75) is 13.8 Å². The smallest absolute Gasteiger partial charge is 0.125 e. The van der Waals surface area contributed by atoms with Crippen molar-refractivity contribution in [2.75, 3.05) is 6.61 Å². The molecule has 0 rings (SSSR count). The molecule has 0 N–H and O–H groups in total. The van der Waals surface area contributed by atoms with Crippen LogP contribution in [0.25, 0.3) is 0 Å². The third-order valence-electron chi connectivity index (χ3n) is 0.847. The van der Waals surface area contributed by atoms with Crippen LogP contribution in [0.15, 0.2) is 23.7 Å². The molecule has 0 aliphatic rings. The second-order valence-electron chi connectivity index (χ2n) is 2.11. The van der Waals surface area contributed by atoms with E-state index in [1.54, 1.807) is 0 Å². The molecule has 0 saturated heterocycles. The summed E-state index contributed by atoms with van der Waals surface area (Å²) in [5, 5.41) is 2.18. The topological polar surface area (TPSA) is 9.23 Å². The van der Waals surface area contributed by atoms with E-state index in [-0.39, 0.29) is 9.52 Å². The highest BCUT2D eigenvalue weighted by Crippen LogP contribution is 1.95. The van der Waals surface area contributed by atoms with Crippen molar-refractivity contribution in [1.82, 2.24) is 0 Å². The minimum atomic E-state index is -0.352. The van der Waals surface area contributed by atoms with Gasteiger partial charge in [0.05, 0.1) is 12.0 Å². The SMILES string of the molecule is C=C(C)[SiH2]C(=C)OCC. The number of hydrogen-bond acceptors (Lipinski definition) is 1. The molecule has 0 saturated carbocycles. The molecular weight excluding hydrogens is 128 g/mol. The van der Waals surface area contributed by atoms with Crippen molar-refractivity contribution >= 4 is 9.52 Å². The first-order chi connectivity index (χ1) is 4.16. The summed E-state index contributed by atoms with van der Waals surface area (Å²) in [5.41, 5.74) is 0. The summed E-state index contributed by atoms with van der Waals surface area (Å²) in [4.78, 5) is 0. The van der Waals surface area contributed by atoms with Gasteiger partial charge in [-0.05, 0) is 13.8 Å². The molecule has 1 nitrogen and oxygen atoms in total. The van der Waals surface area contributed by atoms with E-state index in [0.29, 0.717) is 0 Å². The first-order valence-electron chi connectivity index (χ1n) is 3.11. The lowest BCUT2D eigenvalue weighted by Crippen LogP contribution is -2.00. The fourth-order valence-electron chi connectivity index (χ4n) is 0.592. The van der Waals surface area contributed by atoms with E-state index in [4.69, 9.17) is 4.74 Å². The van der Waals surface area contributed by atoms with Crippen LogP contribution < -0.4 is 0 Å². The van der Waals surface area contributed by atoms with Gasteiger partial charge < -0.3 is 4.74 Å². The molecule has 9 heavy (non-hydrogen) atoms. The Labute approximate surface area is 59.2 Å². The third-order valence-corrected chi connectivity index (χ3v) is 2.05. The Balaban J connectivity index is 3.39. The molecule has 52 valence electrons. The second-order valence-corrected chi connectivity index (χ2v) is 4.45. The minimum absolute atomic E-state index is 0.352. The van der Waals surface area contributed by atoms with Crippen LogP contribution in [-0.2, 0) is 4.74 Å². The van der Waals surface area contributed by atoms with Gasteiger partial charge in [0, 0.05) is 0 Å². The average molecular weight is 142 g/mol. The number of rotatable bonds is 4. The van der Waals surface area contributed by atoms with E-state index >= 15 is 0 Å². The van der Waals surface area contributed by atoms with Crippen molar-refractivity contribution in [2.24, 2.45) is 0 Å². The van der Waals surface area contributed by atoms with E-state index in [9.17, 15) is 0 Å². The molecule has 0 atom stereocenters. The second kappa shape index (κ2) is 4.38. The quantitative estimate of drug-likeness (QED) is 0.423. The minimum Gasteiger partial charge on any atom is -0.504 e. The van der Waals surface area contributed by atoms with Crippen molar-refractivity contribution in [3.8, 4) is 0 Å². The summed E-state index contributed by atoms with van der Waals surface area (Å²) in [6.45, 7) is 12.3. The lowest BCUT2D eigenvalue weighted by Gasteiger charge is -2.04. The van der Waals surface area contributed by atoms with Crippen molar-refractivity contribution < 1.29 is 4.74 Å². The lowest BCUT2D eigenvalue weighted by molar-refractivity contribution is 0.255. The van der Waals surface area contributed by atoms with E-state index in [1.165, 1.54) is 5.20 Å².